The first-order valence-electron chi connectivity index (χ1n) is 8.87. The number of hydrogen-bond donors (Lipinski definition) is 1. The molecule has 2 amide bonds. The minimum atomic E-state index is -2.19. The molecule has 0 aliphatic heterocycles. The average Bonchev–Trinajstić information content (AvgIpc) is 2.41. The summed E-state index contributed by atoms with van der Waals surface area (Å²) in [5.74, 6) is -2.93. The van der Waals surface area contributed by atoms with Gasteiger partial charge in [0.25, 0.3) is 5.91 Å². The molecule has 0 spiro atoms. The smallest absolute Gasteiger partial charge is 0.408 e. The zero-order valence-electron chi connectivity index (χ0n) is 17.6. The highest BCUT2D eigenvalue weighted by molar-refractivity contribution is 5.84. The maximum absolute atomic E-state index is 12.4. The van der Waals surface area contributed by atoms with Crippen LogP contribution in [-0.4, -0.2) is 42.9 Å². The van der Waals surface area contributed by atoms with Crippen LogP contribution < -0.4 is 5.32 Å². The number of amides is 2. The highest BCUT2D eigenvalue weighted by atomic mass is 16.7. The van der Waals surface area contributed by atoms with Gasteiger partial charge in [-0.15, -0.1) is 0 Å². The summed E-state index contributed by atoms with van der Waals surface area (Å²) in [6, 6.07) is -1.37. The minimum absolute atomic E-state index is 0.447. The van der Waals surface area contributed by atoms with Crippen LogP contribution in [0.4, 0.5) is 4.79 Å². The van der Waals surface area contributed by atoms with E-state index < -0.39 is 55.1 Å². The summed E-state index contributed by atoms with van der Waals surface area (Å²) in [6.45, 7) is 4.92. The van der Waals surface area contributed by atoms with E-state index in [1.165, 1.54) is 14.2 Å². The lowest BCUT2D eigenvalue weighted by Gasteiger charge is -2.31. The van der Waals surface area contributed by atoms with Crippen molar-refractivity contribution in [2.75, 3.05) is 14.2 Å². The van der Waals surface area contributed by atoms with Crippen LogP contribution in [0.3, 0.4) is 0 Å². The number of nitrogens with one attached hydrogen (secondary N) is 1. The first kappa shape index (κ1) is 10.4. The van der Waals surface area contributed by atoms with Crippen LogP contribution in [0.25, 0.3) is 0 Å². The van der Waals surface area contributed by atoms with E-state index in [0.717, 1.165) is 5.06 Å². The number of rotatable bonds is 5. The first-order valence-corrected chi connectivity index (χ1v) is 6.37. The van der Waals surface area contributed by atoms with E-state index in [1.54, 1.807) is 20.8 Å². The zero-order chi connectivity index (χ0) is 19.8. The summed E-state index contributed by atoms with van der Waals surface area (Å²) in [4.78, 5) is 29.2. The largest absolute Gasteiger partial charge is 0.444 e. The van der Waals surface area contributed by atoms with Crippen LogP contribution in [-0.2, 0) is 14.4 Å². The van der Waals surface area contributed by atoms with Crippen molar-refractivity contribution in [1.29, 1.82) is 0 Å². The summed E-state index contributed by atoms with van der Waals surface area (Å²) in [6.07, 6.45) is -6.18. The molecule has 0 heterocycles. The number of carbonyl (C=O) groups excluding carboxylic acids is 2. The first-order chi connectivity index (χ1) is 11.1. The fourth-order valence-corrected chi connectivity index (χ4v) is 1.52. The Hall–Kier alpha value is -1.30. The lowest BCUT2D eigenvalue weighted by atomic mass is 9.80. The topological polar surface area (TPSA) is 67.9 Å². The summed E-state index contributed by atoms with van der Waals surface area (Å²) in [5, 5.41) is 3.13. The highest BCUT2D eigenvalue weighted by Crippen LogP contribution is 2.30. The summed E-state index contributed by atoms with van der Waals surface area (Å²) in [5.41, 5.74) is -0.816. The minimum Gasteiger partial charge on any atom is -0.444 e. The Bertz CT molecular complexity index is 522. The van der Waals surface area contributed by atoms with Crippen LogP contribution in [0.1, 0.15) is 53.2 Å². The molecule has 0 saturated heterocycles. The van der Waals surface area contributed by atoms with E-state index in [-0.39, 0.29) is 0 Å². The lowest BCUT2D eigenvalue weighted by molar-refractivity contribution is -0.171. The third-order valence-electron chi connectivity index (χ3n) is 2.59. The molecule has 6 nitrogen and oxygen atoms in total. The Morgan fingerprint density at radius 2 is 2.10 bits per heavy atom. The van der Waals surface area contributed by atoms with Gasteiger partial charge in [0.05, 0.1) is 7.11 Å². The van der Waals surface area contributed by atoms with Gasteiger partial charge in [-0.3, -0.25) is 9.63 Å². The van der Waals surface area contributed by atoms with Gasteiger partial charge >= 0.3 is 6.09 Å². The van der Waals surface area contributed by atoms with Crippen molar-refractivity contribution in [3.8, 4) is 0 Å². The predicted octanol–water partition coefficient (Wildman–Crippen LogP) is 2.09. The van der Waals surface area contributed by atoms with Crippen LogP contribution >= 0.6 is 0 Å². The van der Waals surface area contributed by atoms with E-state index in [4.69, 9.17) is 16.4 Å². The van der Waals surface area contributed by atoms with Crippen molar-refractivity contribution in [3.63, 3.8) is 0 Å². The molecule has 1 N–H and O–H groups in total. The quantitative estimate of drug-likeness (QED) is 0.788. The van der Waals surface area contributed by atoms with Crippen LogP contribution in [0.15, 0.2) is 0 Å². The van der Waals surface area contributed by atoms with Gasteiger partial charge in [0, 0.05) is 13.9 Å². The van der Waals surface area contributed by atoms with Crippen LogP contribution in [0.2, 0.25) is 0 Å². The molecular formula is C14H26N2O4. The SMILES string of the molecule is [2H]C1([2H])CC([2H])([2H])C1([2H])CC(NC(=O)OC(C)(C)C)C(=O)N(C)OC. The van der Waals surface area contributed by atoms with Gasteiger partial charge in [0.1, 0.15) is 11.6 Å². The van der Waals surface area contributed by atoms with Crippen LogP contribution in [0, 0.1) is 5.89 Å². The molecule has 0 aromatic heterocycles. The van der Waals surface area contributed by atoms with E-state index in [9.17, 15) is 9.59 Å². The van der Waals surface area contributed by atoms with Crippen molar-refractivity contribution in [1.82, 2.24) is 10.4 Å². The molecule has 0 bridgehead atoms. The van der Waals surface area contributed by atoms with Gasteiger partial charge in [0.15, 0.2) is 0 Å². The predicted molar refractivity (Wildman–Crippen MR) is 74.9 cm³/mol. The van der Waals surface area contributed by atoms with E-state index >= 15 is 0 Å². The molecule has 1 fully saturated rings. The molecule has 0 aromatic carbocycles. The Balaban J connectivity index is 3.04. The Morgan fingerprint density at radius 1 is 1.50 bits per heavy atom. The number of hydroxylamine groups is 2. The molecule has 0 aromatic rings. The second-order valence-electron chi connectivity index (χ2n) is 5.43. The molecule has 1 saturated carbocycles. The van der Waals surface area contributed by atoms with Crippen molar-refractivity contribution >= 4 is 12.0 Å². The molecule has 0 radical (unpaired) electrons. The standard InChI is InChI=1S/C14H26N2O4/c1-14(2,3)20-13(18)15-11(9-10-7-6-8-10)12(17)16(4)19-5/h10-11H,6-9H2,1-5H3,(H,15,18)/i7D2,8D2,10D. The number of hydrogen-bond acceptors (Lipinski definition) is 4. The van der Waals surface area contributed by atoms with Gasteiger partial charge in [-0.25, -0.2) is 9.86 Å². The summed E-state index contributed by atoms with van der Waals surface area (Å²) in [7, 11) is 2.54. The number of alkyl carbamates (subject to hydrolysis) is 1. The second-order valence-corrected chi connectivity index (χ2v) is 5.43. The molecule has 1 aliphatic carbocycles. The second kappa shape index (κ2) is 6.92. The van der Waals surface area contributed by atoms with Gasteiger partial charge in [-0.2, -0.15) is 0 Å². The van der Waals surface area contributed by atoms with Gasteiger partial charge in [-0.05, 0) is 33.1 Å². The third-order valence-corrected chi connectivity index (χ3v) is 2.59. The Morgan fingerprint density at radius 3 is 2.55 bits per heavy atom. The number of ether oxygens (including phenoxy) is 1. The number of nitrogens with zero attached hydrogens (tertiary/aromatic N) is 1. The highest BCUT2D eigenvalue weighted by Gasteiger charge is 2.31. The molecule has 6 heteroatoms. The van der Waals surface area contributed by atoms with E-state index in [0.29, 0.717) is 0 Å². The van der Waals surface area contributed by atoms with Gasteiger partial charge in [0.2, 0.25) is 0 Å². The normalized spacial score (nSPS) is 27.4. The third kappa shape index (κ3) is 5.36. The maximum atomic E-state index is 12.4. The van der Waals surface area contributed by atoms with Crippen molar-refractivity contribution in [2.45, 2.75) is 58.0 Å². The molecule has 1 atom stereocenters. The van der Waals surface area contributed by atoms with Gasteiger partial charge < -0.3 is 10.1 Å². The van der Waals surface area contributed by atoms with Crippen molar-refractivity contribution in [3.05, 3.63) is 0 Å². The van der Waals surface area contributed by atoms with Gasteiger partial charge in [-0.1, -0.05) is 19.2 Å². The summed E-state index contributed by atoms with van der Waals surface area (Å²) < 4.78 is 44.7. The average molecular weight is 291 g/mol. The van der Waals surface area contributed by atoms with Crippen molar-refractivity contribution < 1.29 is 26.0 Å². The number of likely N-dealkylation sites (N-methyl/N-ethyl adjacent to an activating group) is 1. The zero-order valence-corrected chi connectivity index (χ0v) is 12.6. The number of carbonyl (C=O) groups is 2. The molecule has 20 heavy (non-hydrogen) atoms. The van der Waals surface area contributed by atoms with E-state index in [1.807, 2.05) is 0 Å². The Labute approximate surface area is 127 Å². The Kier molecular flexibility index (Phi) is 3.61. The maximum Gasteiger partial charge on any atom is 0.408 e. The fraction of sp³-hybridized carbons (Fsp3) is 0.857. The molecule has 1 rings (SSSR count). The monoisotopic (exact) mass is 291 g/mol. The molecule has 1 unspecified atom stereocenters. The van der Waals surface area contributed by atoms with Crippen molar-refractivity contribution in [2.24, 2.45) is 5.89 Å². The fourth-order valence-electron chi connectivity index (χ4n) is 1.52. The lowest BCUT2D eigenvalue weighted by Crippen LogP contribution is -2.49. The summed E-state index contributed by atoms with van der Waals surface area (Å²) >= 11 is 0. The molecular weight excluding hydrogens is 260 g/mol. The molecule has 1 aliphatic rings. The molecule has 116 valence electrons. The van der Waals surface area contributed by atoms with E-state index in [2.05, 4.69) is 5.32 Å². The van der Waals surface area contributed by atoms with Crippen LogP contribution in [0.5, 0.6) is 0 Å².